The van der Waals surface area contributed by atoms with E-state index in [4.69, 9.17) is 16.3 Å². The Morgan fingerprint density at radius 2 is 1.24 bits per heavy atom. The summed E-state index contributed by atoms with van der Waals surface area (Å²) in [6.07, 6.45) is 18.9. The van der Waals surface area contributed by atoms with Crippen molar-refractivity contribution in [1.82, 2.24) is 0 Å². The molecule has 1 rings (SSSR count). The summed E-state index contributed by atoms with van der Waals surface area (Å²) in [7, 11) is 0. The van der Waals surface area contributed by atoms with Crippen molar-refractivity contribution in [3.8, 4) is 11.5 Å². The highest BCUT2D eigenvalue weighted by Crippen LogP contribution is 2.29. The Morgan fingerprint density at radius 3 is 1.76 bits per heavy atom. The maximum atomic E-state index is 9.67. The molecule has 0 unspecified atom stereocenters. The molecule has 0 bridgehead atoms. The zero-order valence-electron chi connectivity index (χ0n) is 16.1. The lowest BCUT2D eigenvalue weighted by molar-refractivity contribution is 0.289. The molecule has 3 heteroatoms. The van der Waals surface area contributed by atoms with E-state index in [1.54, 1.807) is 18.2 Å². The quantitative estimate of drug-likeness (QED) is 0.300. The van der Waals surface area contributed by atoms with Crippen LogP contribution in [-0.4, -0.2) is 11.7 Å². The molecule has 1 aromatic rings. The average Bonchev–Trinajstić information content (AvgIpc) is 2.61. The van der Waals surface area contributed by atoms with Gasteiger partial charge in [-0.15, -0.1) is 0 Å². The van der Waals surface area contributed by atoms with Crippen LogP contribution in [0.2, 0.25) is 5.02 Å². The monoisotopic (exact) mass is 368 g/mol. The Hall–Kier alpha value is -0.890. The minimum atomic E-state index is 0.162. The molecule has 0 radical (unpaired) electrons. The average molecular weight is 369 g/mol. The van der Waals surface area contributed by atoms with Gasteiger partial charge in [0.15, 0.2) is 11.5 Å². The predicted molar refractivity (Wildman–Crippen MR) is 109 cm³/mol. The molecule has 0 amide bonds. The zero-order valence-corrected chi connectivity index (χ0v) is 16.8. The van der Waals surface area contributed by atoms with E-state index in [0.29, 0.717) is 17.4 Å². The highest BCUT2D eigenvalue weighted by atomic mass is 35.5. The first kappa shape index (κ1) is 22.2. The molecule has 144 valence electrons. The largest absolute Gasteiger partial charge is 0.504 e. The lowest BCUT2D eigenvalue weighted by atomic mass is 10.0. The Bertz CT molecular complexity index is 434. The molecule has 0 heterocycles. The number of phenols is 1. The van der Waals surface area contributed by atoms with Gasteiger partial charge < -0.3 is 9.84 Å². The van der Waals surface area contributed by atoms with Crippen molar-refractivity contribution >= 4 is 11.6 Å². The summed E-state index contributed by atoms with van der Waals surface area (Å²) < 4.78 is 5.59. The van der Waals surface area contributed by atoms with E-state index in [1.807, 2.05) is 0 Å². The van der Waals surface area contributed by atoms with Gasteiger partial charge in [-0.25, -0.2) is 0 Å². The van der Waals surface area contributed by atoms with Gasteiger partial charge in [0, 0.05) is 11.1 Å². The molecule has 0 fully saturated rings. The predicted octanol–water partition coefficient (Wildman–Crippen LogP) is 7.91. The van der Waals surface area contributed by atoms with Crippen LogP contribution < -0.4 is 4.74 Å². The van der Waals surface area contributed by atoms with E-state index in [0.717, 1.165) is 6.42 Å². The van der Waals surface area contributed by atoms with E-state index >= 15 is 0 Å². The Labute approximate surface area is 159 Å². The molecule has 1 aromatic carbocycles. The normalized spacial score (nSPS) is 11.0. The molecule has 0 spiro atoms. The van der Waals surface area contributed by atoms with E-state index in [2.05, 4.69) is 6.92 Å². The summed E-state index contributed by atoms with van der Waals surface area (Å²) in [5.41, 5.74) is 0. The van der Waals surface area contributed by atoms with Gasteiger partial charge in [-0.3, -0.25) is 0 Å². The van der Waals surface area contributed by atoms with Crippen molar-refractivity contribution < 1.29 is 9.84 Å². The van der Waals surface area contributed by atoms with Crippen molar-refractivity contribution in [2.45, 2.75) is 96.8 Å². The smallest absolute Gasteiger partial charge is 0.162 e. The second-order valence-corrected chi connectivity index (χ2v) is 7.49. The second-order valence-electron chi connectivity index (χ2n) is 7.06. The summed E-state index contributed by atoms with van der Waals surface area (Å²) in [6.45, 7) is 2.92. The first-order chi connectivity index (χ1) is 12.2. The molecule has 0 saturated carbocycles. The van der Waals surface area contributed by atoms with E-state index in [-0.39, 0.29) is 5.75 Å². The minimum absolute atomic E-state index is 0.162. The minimum Gasteiger partial charge on any atom is -0.504 e. The maximum Gasteiger partial charge on any atom is 0.162 e. The molecular formula is C22H37ClO2. The number of hydrogen-bond donors (Lipinski definition) is 1. The van der Waals surface area contributed by atoms with Crippen molar-refractivity contribution in [2.24, 2.45) is 0 Å². The fourth-order valence-electron chi connectivity index (χ4n) is 3.08. The molecule has 0 aliphatic rings. The van der Waals surface area contributed by atoms with Gasteiger partial charge in [0.05, 0.1) is 6.61 Å². The number of halogens is 1. The lowest BCUT2D eigenvalue weighted by Gasteiger charge is -2.08. The summed E-state index contributed by atoms with van der Waals surface area (Å²) in [6, 6.07) is 4.90. The van der Waals surface area contributed by atoms with Crippen LogP contribution in [0.4, 0.5) is 0 Å². The first-order valence-corrected chi connectivity index (χ1v) is 10.7. The molecule has 0 aliphatic heterocycles. The van der Waals surface area contributed by atoms with E-state index < -0.39 is 0 Å². The molecule has 0 aliphatic carbocycles. The van der Waals surface area contributed by atoms with E-state index in [9.17, 15) is 5.11 Å². The van der Waals surface area contributed by atoms with Crippen molar-refractivity contribution in [1.29, 1.82) is 0 Å². The van der Waals surface area contributed by atoms with Crippen LogP contribution in [0.3, 0.4) is 0 Å². The fraction of sp³-hybridized carbons (Fsp3) is 0.727. The number of benzene rings is 1. The fourth-order valence-corrected chi connectivity index (χ4v) is 3.24. The number of hydrogen-bond acceptors (Lipinski definition) is 2. The van der Waals surface area contributed by atoms with Gasteiger partial charge in [-0.05, 0) is 18.6 Å². The highest BCUT2D eigenvalue weighted by molar-refractivity contribution is 6.30. The van der Waals surface area contributed by atoms with Crippen LogP contribution in [0.15, 0.2) is 18.2 Å². The molecule has 0 atom stereocenters. The Balaban J connectivity index is 1.82. The number of phenolic OH excluding ortho intramolecular Hbond substituents is 1. The van der Waals surface area contributed by atoms with Gasteiger partial charge in [0.25, 0.3) is 0 Å². The zero-order chi connectivity index (χ0) is 18.2. The molecule has 0 saturated heterocycles. The molecule has 1 N–H and O–H groups in total. The van der Waals surface area contributed by atoms with Crippen molar-refractivity contribution in [3.05, 3.63) is 23.2 Å². The van der Waals surface area contributed by atoms with Crippen LogP contribution in [0.5, 0.6) is 11.5 Å². The lowest BCUT2D eigenvalue weighted by Crippen LogP contribution is -1.97. The third-order valence-corrected chi connectivity index (χ3v) is 4.91. The second kappa shape index (κ2) is 15.4. The number of rotatable bonds is 16. The van der Waals surface area contributed by atoms with Crippen LogP contribution in [-0.2, 0) is 0 Å². The number of ether oxygens (including phenoxy) is 1. The van der Waals surface area contributed by atoms with Crippen molar-refractivity contribution in [3.63, 3.8) is 0 Å². The number of aromatic hydroxyl groups is 1. The van der Waals surface area contributed by atoms with Crippen LogP contribution in [0.25, 0.3) is 0 Å². The van der Waals surface area contributed by atoms with Crippen molar-refractivity contribution in [2.75, 3.05) is 6.61 Å². The number of unbranched alkanes of at least 4 members (excludes halogenated alkanes) is 13. The van der Waals surface area contributed by atoms with Gasteiger partial charge >= 0.3 is 0 Å². The van der Waals surface area contributed by atoms with Gasteiger partial charge in [0.1, 0.15) is 0 Å². The maximum absolute atomic E-state index is 9.67. The van der Waals surface area contributed by atoms with Crippen LogP contribution >= 0.6 is 11.6 Å². The third kappa shape index (κ3) is 12.2. The Kier molecular flexibility index (Phi) is 13.6. The summed E-state index contributed by atoms with van der Waals surface area (Å²) in [5, 5.41) is 10.3. The molecular weight excluding hydrogens is 332 g/mol. The van der Waals surface area contributed by atoms with Gasteiger partial charge in [-0.1, -0.05) is 102 Å². The van der Waals surface area contributed by atoms with Gasteiger partial charge in [-0.2, -0.15) is 0 Å². The highest BCUT2D eigenvalue weighted by Gasteiger charge is 2.02. The SMILES string of the molecule is CCCCCCCCCCCCCCCCOc1cc(Cl)ccc1O. The topological polar surface area (TPSA) is 29.5 Å². The summed E-state index contributed by atoms with van der Waals surface area (Å²) in [5.74, 6) is 0.650. The molecule has 0 aromatic heterocycles. The summed E-state index contributed by atoms with van der Waals surface area (Å²) in [4.78, 5) is 0. The van der Waals surface area contributed by atoms with Gasteiger partial charge in [0.2, 0.25) is 0 Å². The Morgan fingerprint density at radius 1 is 0.760 bits per heavy atom. The molecule has 2 nitrogen and oxygen atoms in total. The van der Waals surface area contributed by atoms with Crippen LogP contribution in [0, 0.1) is 0 Å². The third-order valence-electron chi connectivity index (χ3n) is 4.68. The first-order valence-electron chi connectivity index (χ1n) is 10.4. The summed E-state index contributed by atoms with van der Waals surface area (Å²) >= 11 is 5.90. The van der Waals surface area contributed by atoms with Crippen LogP contribution in [0.1, 0.15) is 96.8 Å². The molecule has 25 heavy (non-hydrogen) atoms. The van der Waals surface area contributed by atoms with E-state index in [1.165, 1.54) is 83.5 Å². The standard InChI is InChI=1S/C22H37ClO2/c1-2-3-4-5-6-7-8-9-10-11-12-13-14-15-18-25-22-19-20(23)16-17-21(22)24/h16-17,19,24H,2-15,18H2,1H3.